The zero-order valence-corrected chi connectivity index (χ0v) is 17.1. The van der Waals surface area contributed by atoms with Crippen LogP contribution in [-0.2, 0) is 24.3 Å². The average Bonchev–Trinajstić information content (AvgIpc) is 3.19. The summed E-state index contributed by atoms with van der Waals surface area (Å²) in [5.41, 5.74) is -0.987. The SMILES string of the molecule is C[C@@]1(C(=O)OCC(=O)N2CCN(S(=O)(=O)c3ccccc3)CC2)CC1(Cl)Cl. The molecule has 1 aliphatic heterocycles. The molecule has 148 valence electrons. The Morgan fingerprint density at radius 2 is 1.67 bits per heavy atom. The van der Waals surface area contributed by atoms with E-state index in [1.165, 1.54) is 9.21 Å². The Bertz CT molecular complexity index is 838. The largest absolute Gasteiger partial charge is 0.455 e. The summed E-state index contributed by atoms with van der Waals surface area (Å²) in [5.74, 6) is -0.981. The summed E-state index contributed by atoms with van der Waals surface area (Å²) in [6.45, 7) is 2.00. The molecule has 3 rings (SSSR count). The summed E-state index contributed by atoms with van der Waals surface area (Å²) in [6, 6.07) is 8.16. The average molecular weight is 435 g/mol. The second-order valence-corrected chi connectivity index (χ2v) is 10.3. The number of alkyl halides is 2. The number of nitrogens with zero attached hydrogens (tertiary/aromatic N) is 2. The van der Waals surface area contributed by atoms with E-state index in [4.69, 9.17) is 27.9 Å². The molecule has 1 amide bonds. The van der Waals surface area contributed by atoms with E-state index in [2.05, 4.69) is 0 Å². The van der Waals surface area contributed by atoms with Gasteiger partial charge in [0.25, 0.3) is 5.91 Å². The fraction of sp³-hybridized carbons (Fsp3) is 0.529. The smallest absolute Gasteiger partial charge is 0.315 e. The number of carbonyl (C=O) groups is 2. The molecule has 1 aromatic carbocycles. The van der Waals surface area contributed by atoms with Gasteiger partial charge in [-0.1, -0.05) is 18.2 Å². The molecule has 1 aliphatic carbocycles. The van der Waals surface area contributed by atoms with Gasteiger partial charge in [-0.2, -0.15) is 4.31 Å². The molecule has 0 spiro atoms. The van der Waals surface area contributed by atoms with Crippen LogP contribution in [0.3, 0.4) is 0 Å². The fourth-order valence-corrected chi connectivity index (χ4v) is 5.05. The number of hydrogen-bond donors (Lipinski definition) is 0. The molecule has 1 saturated heterocycles. The molecule has 2 fully saturated rings. The highest BCUT2D eigenvalue weighted by Gasteiger charge is 2.69. The Labute approximate surface area is 168 Å². The van der Waals surface area contributed by atoms with Crippen LogP contribution in [-0.4, -0.2) is 66.6 Å². The molecule has 0 unspecified atom stereocenters. The lowest BCUT2D eigenvalue weighted by molar-refractivity contribution is -0.156. The number of carbonyl (C=O) groups excluding carboxylic acids is 2. The van der Waals surface area contributed by atoms with E-state index in [-0.39, 0.29) is 43.4 Å². The van der Waals surface area contributed by atoms with Crippen LogP contribution in [0.25, 0.3) is 0 Å². The zero-order valence-electron chi connectivity index (χ0n) is 14.7. The molecule has 1 aromatic rings. The van der Waals surface area contributed by atoms with E-state index < -0.39 is 32.3 Å². The zero-order chi connectivity index (χ0) is 19.9. The fourth-order valence-electron chi connectivity index (χ4n) is 2.92. The standard InChI is InChI=1S/C17H20Cl2N2O5S/c1-16(12-17(16,18)19)15(23)26-11-14(22)20-7-9-21(10-8-20)27(24,25)13-5-3-2-4-6-13/h2-6H,7-12H2,1H3/t16-/m0/s1. The molecule has 27 heavy (non-hydrogen) atoms. The molecular weight excluding hydrogens is 415 g/mol. The third-order valence-corrected chi connectivity index (χ3v) is 8.02. The maximum Gasteiger partial charge on any atom is 0.315 e. The highest BCUT2D eigenvalue weighted by Crippen LogP contribution is 2.64. The van der Waals surface area contributed by atoms with Gasteiger partial charge in [-0.3, -0.25) is 9.59 Å². The Balaban J connectivity index is 1.51. The number of rotatable bonds is 5. The van der Waals surface area contributed by atoms with Crippen LogP contribution in [0.15, 0.2) is 35.2 Å². The first-order valence-electron chi connectivity index (χ1n) is 8.46. The molecule has 1 saturated carbocycles. The van der Waals surface area contributed by atoms with Crippen LogP contribution in [0.2, 0.25) is 0 Å². The summed E-state index contributed by atoms with van der Waals surface area (Å²) in [5, 5.41) is 0. The van der Waals surface area contributed by atoms with Gasteiger partial charge >= 0.3 is 5.97 Å². The highest BCUT2D eigenvalue weighted by molar-refractivity contribution is 7.89. The Morgan fingerprint density at radius 3 is 2.19 bits per heavy atom. The molecule has 0 aromatic heterocycles. The number of halogens is 2. The number of esters is 1. The number of piperazine rings is 1. The topological polar surface area (TPSA) is 84.0 Å². The predicted molar refractivity (Wildman–Crippen MR) is 99.9 cm³/mol. The van der Waals surface area contributed by atoms with E-state index in [0.29, 0.717) is 0 Å². The summed E-state index contributed by atoms with van der Waals surface area (Å²) >= 11 is 11.8. The molecule has 0 bridgehead atoms. The van der Waals surface area contributed by atoms with Crippen molar-refractivity contribution < 1.29 is 22.7 Å². The summed E-state index contributed by atoms with van der Waals surface area (Å²) < 4.78 is 30.4. The van der Waals surface area contributed by atoms with Gasteiger partial charge in [0, 0.05) is 32.6 Å². The minimum Gasteiger partial charge on any atom is -0.455 e. The second-order valence-electron chi connectivity index (χ2n) is 6.89. The van der Waals surface area contributed by atoms with Gasteiger partial charge in [-0.25, -0.2) is 8.42 Å². The van der Waals surface area contributed by atoms with Gasteiger partial charge in [0.1, 0.15) is 9.75 Å². The third kappa shape index (κ3) is 3.94. The highest BCUT2D eigenvalue weighted by atomic mass is 35.5. The van der Waals surface area contributed by atoms with Gasteiger partial charge in [0.2, 0.25) is 10.0 Å². The first-order valence-corrected chi connectivity index (χ1v) is 10.7. The lowest BCUT2D eigenvalue weighted by atomic mass is 10.1. The number of ether oxygens (including phenoxy) is 1. The van der Waals surface area contributed by atoms with Crippen molar-refractivity contribution in [2.75, 3.05) is 32.8 Å². The Hall–Kier alpha value is -1.35. The van der Waals surface area contributed by atoms with Crippen LogP contribution >= 0.6 is 23.2 Å². The first-order chi connectivity index (χ1) is 12.6. The normalized spacial score (nSPS) is 25.1. The number of benzene rings is 1. The van der Waals surface area contributed by atoms with Crippen molar-refractivity contribution in [1.82, 2.24) is 9.21 Å². The van der Waals surface area contributed by atoms with E-state index in [0.717, 1.165) is 0 Å². The van der Waals surface area contributed by atoms with Crippen molar-refractivity contribution in [2.24, 2.45) is 5.41 Å². The van der Waals surface area contributed by atoms with Crippen molar-refractivity contribution >= 4 is 45.1 Å². The van der Waals surface area contributed by atoms with Crippen LogP contribution in [0, 0.1) is 5.41 Å². The van der Waals surface area contributed by atoms with Crippen molar-refractivity contribution in [3.05, 3.63) is 30.3 Å². The lowest BCUT2D eigenvalue weighted by Crippen LogP contribution is -2.51. The number of sulfonamides is 1. The minimum atomic E-state index is -3.58. The molecule has 1 heterocycles. The van der Waals surface area contributed by atoms with Gasteiger partial charge in [0.05, 0.1) is 4.90 Å². The van der Waals surface area contributed by atoms with Crippen LogP contribution in [0.5, 0.6) is 0 Å². The second kappa shape index (κ2) is 7.24. The molecule has 1 atom stereocenters. The predicted octanol–water partition coefficient (Wildman–Crippen LogP) is 1.65. The van der Waals surface area contributed by atoms with Gasteiger partial charge < -0.3 is 9.64 Å². The van der Waals surface area contributed by atoms with Crippen molar-refractivity contribution in [1.29, 1.82) is 0 Å². The van der Waals surface area contributed by atoms with Gasteiger partial charge in [-0.15, -0.1) is 23.2 Å². The maximum absolute atomic E-state index is 12.6. The van der Waals surface area contributed by atoms with Gasteiger partial charge in [-0.05, 0) is 19.1 Å². The molecule has 0 N–H and O–H groups in total. The molecule has 0 radical (unpaired) electrons. The van der Waals surface area contributed by atoms with E-state index in [9.17, 15) is 18.0 Å². The molecule has 2 aliphatic rings. The maximum atomic E-state index is 12.6. The number of amides is 1. The van der Waals surface area contributed by atoms with E-state index in [1.807, 2.05) is 0 Å². The van der Waals surface area contributed by atoms with Crippen LogP contribution < -0.4 is 0 Å². The van der Waals surface area contributed by atoms with Crippen molar-refractivity contribution in [3.8, 4) is 0 Å². The van der Waals surface area contributed by atoms with Crippen LogP contribution in [0.4, 0.5) is 0 Å². The lowest BCUT2D eigenvalue weighted by Gasteiger charge is -2.34. The Morgan fingerprint density at radius 1 is 1.11 bits per heavy atom. The van der Waals surface area contributed by atoms with Crippen molar-refractivity contribution in [3.63, 3.8) is 0 Å². The van der Waals surface area contributed by atoms with Gasteiger partial charge in [0.15, 0.2) is 6.61 Å². The van der Waals surface area contributed by atoms with E-state index >= 15 is 0 Å². The molecular formula is C17H20Cl2N2O5S. The summed E-state index contributed by atoms with van der Waals surface area (Å²) in [7, 11) is -3.58. The summed E-state index contributed by atoms with van der Waals surface area (Å²) in [4.78, 5) is 26.0. The summed E-state index contributed by atoms with van der Waals surface area (Å²) in [6.07, 6.45) is 0.284. The molecule has 10 heteroatoms. The third-order valence-electron chi connectivity index (χ3n) is 5.01. The Kier molecular flexibility index (Phi) is 5.46. The minimum absolute atomic E-state index is 0.182. The quantitative estimate of drug-likeness (QED) is 0.519. The van der Waals surface area contributed by atoms with Crippen LogP contribution in [0.1, 0.15) is 13.3 Å². The first kappa shape index (κ1) is 20.4. The van der Waals surface area contributed by atoms with E-state index in [1.54, 1.807) is 37.3 Å². The number of hydrogen-bond acceptors (Lipinski definition) is 5. The monoisotopic (exact) mass is 434 g/mol. The van der Waals surface area contributed by atoms with Crippen molar-refractivity contribution in [2.45, 2.75) is 22.6 Å². The molecule has 7 nitrogen and oxygen atoms in total.